The van der Waals surface area contributed by atoms with Gasteiger partial charge in [-0.1, -0.05) is 0 Å². The Bertz CT molecular complexity index is 468. The molecule has 1 aliphatic heterocycles. The Hall–Kier alpha value is -1.40. The fourth-order valence-corrected chi connectivity index (χ4v) is 2.79. The topological polar surface area (TPSA) is 52.7 Å². The third-order valence-electron chi connectivity index (χ3n) is 3.56. The lowest BCUT2D eigenvalue weighted by atomic mass is 10.1. The summed E-state index contributed by atoms with van der Waals surface area (Å²) in [4.78, 5) is 3.86. The number of benzene rings is 1. The predicted molar refractivity (Wildman–Crippen MR) is 76.1 cm³/mol. The van der Waals surface area contributed by atoms with Crippen LogP contribution in [-0.4, -0.2) is 49.3 Å². The zero-order chi connectivity index (χ0) is 14.9. The van der Waals surface area contributed by atoms with E-state index in [9.17, 15) is 13.9 Å². The Morgan fingerprint density at radius 3 is 2.75 bits per heavy atom. The van der Waals surface area contributed by atoms with Crippen molar-refractivity contribution in [2.24, 2.45) is 0 Å². The van der Waals surface area contributed by atoms with Gasteiger partial charge in [0.05, 0.1) is 6.10 Å². The van der Waals surface area contributed by atoms with E-state index in [0.717, 1.165) is 0 Å². The van der Waals surface area contributed by atoms with Gasteiger partial charge in [0.15, 0.2) is 0 Å². The molecule has 112 valence electrons. The van der Waals surface area contributed by atoms with E-state index in [0.29, 0.717) is 30.9 Å². The van der Waals surface area contributed by atoms with Gasteiger partial charge in [-0.3, -0.25) is 0 Å². The molecule has 2 rings (SSSR count). The minimum Gasteiger partial charge on any atom is -0.399 e. The molecule has 4 nitrogen and oxygen atoms in total. The molecule has 0 aliphatic carbocycles. The normalized spacial score (nSPS) is 23.1. The molecule has 0 radical (unpaired) electrons. The van der Waals surface area contributed by atoms with Crippen LogP contribution >= 0.6 is 0 Å². The number of nitrogens with two attached hydrogens (primary N) is 1. The van der Waals surface area contributed by atoms with Crippen molar-refractivity contribution in [1.82, 2.24) is 4.90 Å². The van der Waals surface area contributed by atoms with Gasteiger partial charge in [-0.2, -0.15) is 0 Å². The van der Waals surface area contributed by atoms with Crippen LogP contribution in [0.15, 0.2) is 18.2 Å². The van der Waals surface area contributed by atoms with Crippen LogP contribution in [0.5, 0.6) is 0 Å². The van der Waals surface area contributed by atoms with E-state index in [1.807, 2.05) is 23.9 Å². The van der Waals surface area contributed by atoms with Crippen molar-refractivity contribution in [2.45, 2.75) is 25.0 Å². The number of alkyl halides is 2. The van der Waals surface area contributed by atoms with E-state index < -0.39 is 12.5 Å². The molecule has 2 atom stereocenters. The molecule has 0 saturated carbocycles. The molecule has 0 bridgehead atoms. The monoisotopic (exact) mass is 285 g/mol. The Balaban J connectivity index is 2.33. The van der Waals surface area contributed by atoms with E-state index in [2.05, 4.69) is 0 Å². The Labute approximate surface area is 117 Å². The van der Waals surface area contributed by atoms with Crippen LogP contribution in [0.2, 0.25) is 0 Å². The summed E-state index contributed by atoms with van der Waals surface area (Å²) >= 11 is 0. The van der Waals surface area contributed by atoms with Crippen LogP contribution in [0.1, 0.15) is 18.4 Å². The smallest absolute Gasteiger partial charge is 0.265 e. The lowest BCUT2D eigenvalue weighted by Gasteiger charge is -2.30. The van der Waals surface area contributed by atoms with Crippen LogP contribution in [0.25, 0.3) is 0 Å². The molecular formula is C14H21F2N3O. The van der Waals surface area contributed by atoms with Gasteiger partial charge in [-0.25, -0.2) is 8.78 Å². The summed E-state index contributed by atoms with van der Waals surface area (Å²) in [6, 6.07) is 4.59. The molecule has 1 aliphatic rings. The first kappa shape index (κ1) is 15.0. The second-order valence-electron chi connectivity index (χ2n) is 5.58. The Morgan fingerprint density at radius 1 is 1.45 bits per heavy atom. The number of nitrogens with zero attached hydrogens (tertiary/aromatic N) is 2. The molecule has 0 amide bonds. The highest BCUT2D eigenvalue weighted by atomic mass is 19.3. The fourth-order valence-electron chi connectivity index (χ4n) is 2.79. The van der Waals surface area contributed by atoms with Crippen molar-refractivity contribution in [1.29, 1.82) is 0 Å². The highest BCUT2D eigenvalue weighted by Gasteiger charge is 2.33. The number of nitrogen functional groups attached to an aromatic ring is 1. The van der Waals surface area contributed by atoms with Crippen molar-refractivity contribution >= 4 is 11.4 Å². The average molecular weight is 285 g/mol. The van der Waals surface area contributed by atoms with Crippen LogP contribution in [0.3, 0.4) is 0 Å². The number of halogens is 2. The van der Waals surface area contributed by atoms with Gasteiger partial charge in [-0.05, 0) is 38.7 Å². The number of hydrogen-bond donors (Lipinski definition) is 2. The second-order valence-corrected chi connectivity index (χ2v) is 5.58. The third-order valence-corrected chi connectivity index (χ3v) is 3.56. The van der Waals surface area contributed by atoms with E-state index in [1.54, 1.807) is 12.1 Å². The van der Waals surface area contributed by atoms with Crippen molar-refractivity contribution < 1.29 is 13.9 Å². The van der Waals surface area contributed by atoms with E-state index in [1.165, 1.54) is 6.07 Å². The fraction of sp³-hybridized carbons (Fsp3) is 0.571. The SMILES string of the molecule is CN(C)CC1CC(O)CN1c1ccc(N)cc1C(F)F. The molecule has 0 spiro atoms. The van der Waals surface area contributed by atoms with Crippen molar-refractivity contribution in [3.05, 3.63) is 23.8 Å². The van der Waals surface area contributed by atoms with Crippen LogP contribution < -0.4 is 10.6 Å². The molecule has 1 aromatic carbocycles. The maximum absolute atomic E-state index is 13.2. The maximum Gasteiger partial charge on any atom is 0.265 e. The summed E-state index contributed by atoms with van der Waals surface area (Å²) in [5.74, 6) is 0. The van der Waals surface area contributed by atoms with E-state index >= 15 is 0 Å². The molecule has 1 heterocycles. The summed E-state index contributed by atoms with van der Waals surface area (Å²) < 4.78 is 26.4. The van der Waals surface area contributed by atoms with Gasteiger partial charge in [0, 0.05) is 36.1 Å². The van der Waals surface area contributed by atoms with Crippen LogP contribution in [-0.2, 0) is 0 Å². The first-order valence-corrected chi connectivity index (χ1v) is 6.65. The molecule has 1 saturated heterocycles. The number of hydrogen-bond acceptors (Lipinski definition) is 4. The highest BCUT2D eigenvalue weighted by Crippen LogP contribution is 2.35. The minimum atomic E-state index is -2.58. The van der Waals surface area contributed by atoms with Crippen molar-refractivity contribution in [3.63, 3.8) is 0 Å². The van der Waals surface area contributed by atoms with Crippen LogP contribution in [0, 0.1) is 0 Å². The second kappa shape index (κ2) is 5.93. The van der Waals surface area contributed by atoms with Crippen LogP contribution in [0.4, 0.5) is 20.2 Å². The minimum absolute atomic E-state index is 0.0288. The summed E-state index contributed by atoms with van der Waals surface area (Å²) in [5.41, 5.74) is 6.33. The van der Waals surface area contributed by atoms with Gasteiger partial charge < -0.3 is 20.6 Å². The molecule has 0 aromatic heterocycles. The Morgan fingerprint density at radius 2 is 2.15 bits per heavy atom. The highest BCUT2D eigenvalue weighted by molar-refractivity contribution is 5.61. The summed E-state index contributed by atoms with van der Waals surface area (Å²) in [7, 11) is 3.86. The summed E-state index contributed by atoms with van der Waals surface area (Å²) in [6.07, 6.45) is -2.47. The van der Waals surface area contributed by atoms with Gasteiger partial charge in [-0.15, -0.1) is 0 Å². The number of aliphatic hydroxyl groups excluding tert-OH is 1. The molecule has 20 heavy (non-hydrogen) atoms. The largest absolute Gasteiger partial charge is 0.399 e. The lowest BCUT2D eigenvalue weighted by molar-refractivity contribution is 0.151. The zero-order valence-electron chi connectivity index (χ0n) is 11.8. The first-order valence-electron chi connectivity index (χ1n) is 6.65. The van der Waals surface area contributed by atoms with Crippen molar-refractivity contribution in [3.8, 4) is 0 Å². The van der Waals surface area contributed by atoms with Crippen molar-refractivity contribution in [2.75, 3.05) is 37.8 Å². The Kier molecular flexibility index (Phi) is 4.45. The molecule has 1 aromatic rings. The van der Waals surface area contributed by atoms with Gasteiger partial charge in [0.1, 0.15) is 0 Å². The summed E-state index contributed by atoms with van der Waals surface area (Å²) in [6.45, 7) is 1.09. The molecule has 6 heteroatoms. The predicted octanol–water partition coefficient (Wildman–Crippen LogP) is 1.71. The van der Waals surface area contributed by atoms with Gasteiger partial charge in [0.2, 0.25) is 0 Å². The number of likely N-dealkylation sites (N-methyl/N-ethyl adjacent to an activating group) is 1. The van der Waals surface area contributed by atoms with E-state index in [4.69, 9.17) is 5.73 Å². The molecule has 1 fully saturated rings. The van der Waals surface area contributed by atoms with Gasteiger partial charge >= 0.3 is 0 Å². The molecular weight excluding hydrogens is 264 g/mol. The van der Waals surface area contributed by atoms with Gasteiger partial charge in [0.25, 0.3) is 6.43 Å². The number of rotatable bonds is 4. The summed E-state index contributed by atoms with van der Waals surface area (Å²) in [5, 5.41) is 9.86. The average Bonchev–Trinajstić information content (AvgIpc) is 2.69. The number of β-amino-alcohol motifs (C(OH)–C–C–N with tert-alkyl or cyclic N) is 1. The quantitative estimate of drug-likeness (QED) is 0.827. The molecule has 2 unspecified atom stereocenters. The third kappa shape index (κ3) is 3.19. The number of aliphatic hydroxyl groups is 1. The van der Waals surface area contributed by atoms with E-state index in [-0.39, 0.29) is 11.6 Å². The number of anilines is 2. The molecule has 3 N–H and O–H groups in total. The zero-order valence-corrected chi connectivity index (χ0v) is 11.8. The lowest BCUT2D eigenvalue weighted by Crippen LogP contribution is -2.38. The first-order chi connectivity index (χ1) is 9.38. The maximum atomic E-state index is 13.2. The standard InChI is InChI=1S/C14H21F2N3O/c1-18(2)7-10-6-11(20)8-19(10)13-4-3-9(17)5-12(13)14(15)16/h3-5,10-11,14,20H,6-8,17H2,1-2H3.